The quantitative estimate of drug-likeness (QED) is 0.704. The highest BCUT2D eigenvalue weighted by Gasteiger charge is 2.09. The third-order valence-electron chi connectivity index (χ3n) is 1.63. The predicted octanol–water partition coefficient (Wildman–Crippen LogP) is 0.441. The van der Waals surface area contributed by atoms with Crippen molar-refractivity contribution in [2.24, 2.45) is 0 Å². The van der Waals surface area contributed by atoms with Crippen molar-refractivity contribution in [1.29, 1.82) is 0 Å². The normalized spacial score (nSPS) is 9.65. The number of carboxylic acids is 1. The number of carbonyl (C=O) groups excluding carboxylic acids is 2. The molecule has 0 bridgehead atoms. The van der Waals surface area contributed by atoms with Crippen molar-refractivity contribution in [1.82, 2.24) is 15.5 Å². The van der Waals surface area contributed by atoms with E-state index in [4.69, 9.17) is 5.11 Å². The minimum absolute atomic E-state index is 0.0180. The van der Waals surface area contributed by atoms with Gasteiger partial charge < -0.3 is 5.11 Å². The summed E-state index contributed by atoms with van der Waals surface area (Å²) in [4.78, 5) is 32.6. The Morgan fingerprint density at radius 1 is 1.35 bits per heavy atom. The van der Waals surface area contributed by atoms with Gasteiger partial charge in [-0.3, -0.25) is 20.2 Å². The molecule has 1 aromatic heterocycles. The van der Waals surface area contributed by atoms with Gasteiger partial charge >= 0.3 is 12.0 Å². The first kappa shape index (κ1) is 13.0. The number of amides is 3. The molecule has 0 aromatic carbocycles. The van der Waals surface area contributed by atoms with Crippen molar-refractivity contribution in [3.63, 3.8) is 0 Å². The van der Waals surface area contributed by atoms with E-state index in [1.54, 1.807) is 0 Å². The highest BCUT2D eigenvalue weighted by molar-refractivity contribution is 7.13. The molecule has 8 nitrogen and oxygen atoms in total. The number of carbonyl (C=O) groups is 3. The molecule has 0 saturated carbocycles. The number of urea groups is 1. The van der Waals surface area contributed by atoms with Gasteiger partial charge in [0.1, 0.15) is 5.51 Å². The zero-order valence-electron chi connectivity index (χ0n) is 8.67. The van der Waals surface area contributed by atoms with Crippen molar-refractivity contribution in [3.8, 4) is 0 Å². The molecule has 1 aromatic rings. The second-order valence-corrected chi connectivity index (χ2v) is 3.83. The van der Waals surface area contributed by atoms with Crippen LogP contribution in [0.1, 0.15) is 19.3 Å². The summed E-state index contributed by atoms with van der Waals surface area (Å²) in [5.74, 6) is -1.51. The minimum Gasteiger partial charge on any atom is -0.481 e. The number of imide groups is 1. The molecule has 0 unspecified atom stereocenters. The van der Waals surface area contributed by atoms with E-state index in [1.165, 1.54) is 5.51 Å². The third kappa shape index (κ3) is 5.56. The van der Waals surface area contributed by atoms with Gasteiger partial charge in [0.2, 0.25) is 11.0 Å². The number of rotatable bonds is 5. The van der Waals surface area contributed by atoms with Crippen molar-refractivity contribution in [2.45, 2.75) is 19.3 Å². The van der Waals surface area contributed by atoms with E-state index >= 15 is 0 Å². The van der Waals surface area contributed by atoms with Gasteiger partial charge in [0.05, 0.1) is 0 Å². The Hall–Kier alpha value is -2.03. The molecule has 0 saturated heterocycles. The zero-order valence-corrected chi connectivity index (χ0v) is 9.49. The zero-order chi connectivity index (χ0) is 12.7. The summed E-state index contributed by atoms with van der Waals surface area (Å²) < 4.78 is 0. The number of aliphatic carboxylic acids is 1. The summed E-state index contributed by atoms with van der Waals surface area (Å²) in [6.07, 6.45) is 0.0640. The molecule has 92 valence electrons. The summed E-state index contributed by atoms with van der Waals surface area (Å²) in [5.41, 5.74) is 1.43. The highest BCUT2D eigenvalue weighted by atomic mass is 32.1. The molecule has 17 heavy (non-hydrogen) atoms. The molecule has 0 fully saturated rings. The Bertz CT molecular complexity index is 406. The Balaban J connectivity index is 2.22. The van der Waals surface area contributed by atoms with Gasteiger partial charge in [0, 0.05) is 12.8 Å². The first-order chi connectivity index (χ1) is 8.08. The van der Waals surface area contributed by atoms with E-state index in [0.29, 0.717) is 0 Å². The summed E-state index contributed by atoms with van der Waals surface area (Å²) in [6.45, 7) is 0. The number of nitrogens with one attached hydrogen (secondary N) is 2. The Morgan fingerprint density at radius 3 is 2.71 bits per heavy atom. The summed E-state index contributed by atoms with van der Waals surface area (Å²) in [7, 11) is 0. The molecule has 9 heteroatoms. The number of carboxylic acid groups (broad SMARTS) is 1. The molecule has 3 N–H and O–H groups in total. The topological polar surface area (TPSA) is 121 Å². The van der Waals surface area contributed by atoms with E-state index in [9.17, 15) is 14.4 Å². The van der Waals surface area contributed by atoms with Gasteiger partial charge in [-0.15, -0.1) is 10.2 Å². The van der Waals surface area contributed by atoms with Crippen LogP contribution >= 0.6 is 11.3 Å². The molecule has 1 heterocycles. The van der Waals surface area contributed by atoms with Crippen LogP contribution in [0.15, 0.2) is 5.51 Å². The number of aromatic nitrogens is 2. The average molecular weight is 258 g/mol. The Labute approximate surface area is 100 Å². The molecular formula is C8H10N4O4S. The lowest BCUT2D eigenvalue weighted by Crippen LogP contribution is -2.34. The van der Waals surface area contributed by atoms with E-state index < -0.39 is 17.9 Å². The average Bonchev–Trinajstić information content (AvgIpc) is 2.69. The molecule has 0 atom stereocenters. The standard InChI is InChI=1S/C8H10N4O4S/c13-5(2-1-3-6(14)15)10-7(16)11-8-12-9-4-17-8/h4H,1-3H2,(H,14,15)(H2,10,11,12,13,16). The van der Waals surface area contributed by atoms with Gasteiger partial charge in [-0.2, -0.15) is 0 Å². The highest BCUT2D eigenvalue weighted by Crippen LogP contribution is 2.07. The maximum atomic E-state index is 11.2. The van der Waals surface area contributed by atoms with Crippen molar-refractivity contribution in [2.75, 3.05) is 5.32 Å². The van der Waals surface area contributed by atoms with Gasteiger partial charge in [-0.1, -0.05) is 11.3 Å². The predicted molar refractivity (Wildman–Crippen MR) is 58.6 cm³/mol. The first-order valence-electron chi connectivity index (χ1n) is 4.66. The summed E-state index contributed by atoms with van der Waals surface area (Å²) >= 11 is 1.12. The maximum absolute atomic E-state index is 11.2. The number of hydrogen-bond donors (Lipinski definition) is 3. The summed E-state index contributed by atoms with van der Waals surface area (Å²) in [6, 6.07) is -0.706. The van der Waals surface area contributed by atoms with Crippen LogP contribution in [0.2, 0.25) is 0 Å². The van der Waals surface area contributed by atoms with Crippen LogP contribution in [0.25, 0.3) is 0 Å². The molecule has 0 spiro atoms. The fourth-order valence-electron chi connectivity index (χ4n) is 0.945. The van der Waals surface area contributed by atoms with Crippen LogP contribution in [0.3, 0.4) is 0 Å². The monoisotopic (exact) mass is 258 g/mol. The lowest BCUT2D eigenvalue weighted by molar-refractivity contribution is -0.137. The van der Waals surface area contributed by atoms with Gasteiger partial charge in [0.25, 0.3) is 0 Å². The van der Waals surface area contributed by atoms with E-state index in [-0.39, 0.29) is 24.4 Å². The molecule has 0 aliphatic rings. The molecule has 0 aliphatic carbocycles. The first-order valence-corrected chi connectivity index (χ1v) is 5.54. The number of anilines is 1. The van der Waals surface area contributed by atoms with Crippen LogP contribution in [-0.4, -0.2) is 33.2 Å². The summed E-state index contributed by atoms with van der Waals surface area (Å²) in [5, 5.41) is 20.0. The Morgan fingerprint density at radius 2 is 2.12 bits per heavy atom. The molecule has 0 aliphatic heterocycles. The molecule has 0 radical (unpaired) electrons. The van der Waals surface area contributed by atoms with Crippen molar-refractivity contribution >= 4 is 34.4 Å². The SMILES string of the molecule is O=C(O)CCCC(=O)NC(=O)Nc1nncs1. The fraction of sp³-hybridized carbons (Fsp3) is 0.375. The molecule has 1 rings (SSSR count). The maximum Gasteiger partial charge on any atom is 0.327 e. The largest absolute Gasteiger partial charge is 0.481 e. The fourth-order valence-corrected chi connectivity index (χ4v) is 1.39. The smallest absolute Gasteiger partial charge is 0.327 e. The lowest BCUT2D eigenvalue weighted by Gasteiger charge is -2.02. The van der Waals surface area contributed by atoms with Crippen molar-refractivity contribution in [3.05, 3.63) is 5.51 Å². The van der Waals surface area contributed by atoms with E-state index in [0.717, 1.165) is 11.3 Å². The second kappa shape index (κ2) is 6.53. The minimum atomic E-state index is -0.976. The van der Waals surface area contributed by atoms with Crippen molar-refractivity contribution < 1.29 is 19.5 Å². The molecule has 3 amide bonds. The number of hydrogen-bond acceptors (Lipinski definition) is 6. The second-order valence-electron chi connectivity index (χ2n) is 2.99. The lowest BCUT2D eigenvalue weighted by atomic mass is 10.2. The van der Waals surface area contributed by atoms with Crippen LogP contribution in [0.5, 0.6) is 0 Å². The van der Waals surface area contributed by atoms with Crippen LogP contribution in [0.4, 0.5) is 9.93 Å². The van der Waals surface area contributed by atoms with Crippen LogP contribution in [0, 0.1) is 0 Å². The van der Waals surface area contributed by atoms with Crippen LogP contribution in [-0.2, 0) is 9.59 Å². The van der Waals surface area contributed by atoms with Gasteiger partial charge in [-0.25, -0.2) is 4.79 Å². The van der Waals surface area contributed by atoms with Crippen LogP contribution < -0.4 is 10.6 Å². The Kier molecular flexibility index (Phi) is 5.01. The molecular weight excluding hydrogens is 248 g/mol. The van der Waals surface area contributed by atoms with Gasteiger partial charge in [0.15, 0.2) is 0 Å². The van der Waals surface area contributed by atoms with E-state index in [1.807, 2.05) is 5.32 Å². The number of nitrogens with zero attached hydrogens (tertiary/aromatic N) is 2. The van der Waals surface area contributed by atoms with E-state index in [2.05, 4.69) is 15.5 Å². The third-order valence-corrected chi connectivity index (χ3v) is 2.23. The van der Waals surface area contributed by atoms with Gasteiger partial charge in [-0.05, 0) is 6.42 Å².